The Morgan fingerprint density at radius 3 is 3.12 bits per heavy atom. The zero-order valence-corrected chi connectivity index (χ0v) is 9.04. The average molecular weight is 219 g/mol. The quantitative estimate of drug-likeness (QED) is 0.681. The smallest absolute Gasteiger partial charge is 0.252 e. The van der Waals surface area contributed by atoms with Gasteiger partial charge in [-0.3, -0.25) is 4.79 Å². The maximum Gasteiger partial charge on any atom is 0.252 e. The molecule has 1 saturated heterocycles. The number of aryl methyl sites for hydroxylation is 1. The summed E-state index contributed by atoms with van der Waals surface area (Å²) in [6.07, 6.45) is 0.688. The molecular weight excluding hydrogens is 206 g/mol. The Balaban J connectivity index is 2.02. The highest BCUT2D eigenvalue weighted by molar-refractivity contribution is 6.05. The molecule has 16 heavy (non-hydrogen) atoms. The zero-order valence-electron chi connectivity index (χ0n) is 9.04. The molecule has 0 saturated carbocycles. The summed E-state index contributed by atoms with van der Waals surface area (Å²) >= 11 is 0. The van der Waals surface area contributed by atoms with Gasteiger partial charge in [-0.15, -0.1) is 0 Å². The van der Waals surface area contributed by atoms with Crippen LogP contribution in [0.15, 0.2) is 12.1 Å². The van der Waals surface area contributed by atoms with E-state index in [1.807, 2.05) is 19.1 Å². The van der Waals surface area contributed by atoms with E-state index in [0.717, 1.165) is 17.2 Å². The van der Waals surface area contributed by atoms with Crippen LogP contribution in [0.2, 0.25) is 0 Å². The molecule has 84 valence electrons. The Morgan fingerprint density at radius 1 is 1.50 bits per heavy atom. The number of hydrogen-bond acceptors (Lipinski definition) is 4. The van der Waals surface area contributed by atoms with Crippen molar-refractivity contribution in [2.75, 3.05) is 23.8 Å². The van der Waals surface area contributed by atoms with E-state index in [0.29, 0.717) is 19.6 Å². The van der Waals surface area contributed by atoms with Crippen molar-refractivity contribution >= 4 is 17.4 Å². The molecule has 3 heterocycles. The number of amides is 1. The zero-order chi connectivity index (χ0) is 11.2. The van der Waals surface area contributed by atoms with Gasteiger partial charge in [-0.2, -0.15) is 0 Å². The van der Waals surface area contributed by atoms with Gasteiger partial charge in [0.15, 0.2) is 5.82 Å². The van der Waals surface area contributed by atoms with Crippen molar-refractivity contribution in [3.8, 4) is 0 Å². The van der Waals surface area contributed by atoms with E-state index in [4.69, 9.17) is 4.74 Å². The first kappa shape index (κ1) is 9.59. The molecule has 5 heteroatoms. The number of fused-ring (bicyclic) bond motifs is 1. The fourth-order valence-corrected chi connectivity index (χ4v) is 2.12. The molecule has 1 fully saturated rings. The standard InChI is InChI=1S/C11H13N3O2/c1-7-2-3-8-9(12-7)14-11(10(15)13-8)4-5-16-6-11/h2-3H,4-6H2,1H3,(H,12,14)(H,13,15). The number of nitrogens with zero attached hydrogens (tertiary/aromatic N) is 1. The van der Waals surface area contributed by atoms with E-state index in [1.54, 1.807) is 0 Å². The van der Waals surface area contributed by atoms with E-state index < -0.39 is 5.54 Å². The van der Waals surface area contributed by atoms with Crippen LogP contribution in [0.5, 0.6) is 0 Å². The van der Waals surface area contributed by atoms with Crippen LogP contribution >= 0.6 is 0 Å². The molecule has 3 rings (SSSR count). The Kier molecular flexibility index (Phi) is 1.91. The molecule has 2 N–H and O–H groups in total. The Morgan fingerprint density at radius 2 is 2.38 bits per heavy atom. The maximum absolute atomic E-state index is 12.0. The van der Waals surface area contributed by atoms with E-state index in [1.165, 1.54) is 0 Å². The number of ether oxygens (including phenoxy) is 1. The summed E-state index contributed by atoms with van der Waals surface area (Å²) in [5.41, 5.74) is 1.05. The van der Waals surface area contributed by atoms with Gasteiger partial charge in [-0.25, -0.2) is 4.98 Å². The molecule has 2 aliphatic rings. The summed E-state index contributed by atoms with van der Waals surface area (Å²) in [5, 5.41) is 6.09. The molecule has 0 aromatic carbocycles. The van der Waals surface area contributed by atoms with Crippen LogP contribution in [0.25, 0.3) is 0 Å². The molecule has 1 amide bonds. The molecule has 5 nitrogen and oxygen atoms in total. The van der Waals surface area contributed by atoms with E-state index >= 15 is 0 Å². The minimum Gasteiger partial charge on any atom is -0.378 e. The maximum atomic E-state index is 12.0. The highest BCUT2D eigenvalue weighted by Crippen LogP contribution is 2.33. The van der Waals surface area contributed by atoms with Gasteiger partial charge in [0.2, 0.25) is 0 Å². The molecule has 1 aromatic heterocycles. The molecule has 1 aromatic rings. The first-order valence-corrected chi connectivity index (χ1v) is 5.35. The van der Waals surface area contributed by atoms with Gasteiger partial charge in [0.05, 0.1) is 12.3 Å². The second-order valence-corrected chi connectivity index (χ2v) is 4.31. The van der Waals surface area contributed by atoms with Crippen molar-refractivity contribution in [2.45, 2.75) is 18.9 Å². The van der Waals surface area contributed by atoms with E-state index in [2.05, 4.69) is 15.6 Å². The van der Waals surface area contributed by atoms with Crippen molar-refractivity contribution in [3.63, 3.8) is 0 Å². The van der Waals surface area contributed by atoms with Gasteiger partial charge >= 0.3 is 0 Å². The Bertz CT molecular complexity index is 453. The second-order valence-electron chi connectivity index (χ2n) is 4.31. The summed E-state index contributed by atoms with van der Waals surface area (Å²) in [6.45, 7) is 2.95. The minimum absolute atomic E-state index is 0.0249. The van der Waals surface area contributed by atoms with Gasteiger partial charge in [0, 0.05) is 18.7 Å². The molecule has 0 radical (unpaired) electrons. The normalized spacial score (nSPS) is 27.4. The predicted molar refractivity (Wildman–Crippen MR) is 59.4 cm³/mol. The summed E-state index contributed by atoms with van der Waals surface area (Å²) in [6, 6.07) is 3.75. The van der Waals surface area contributed by atoms with E-state index in [9.17, 15) is 4.79 Å². The van der Waals surface area contributed by atoms with E-state index in [-0.39, 0.29) is 5.91 Å². The van der Waals surface area contributed by atoms with Gasteiger partial charge in [-0.1, -0.05) is 0 Å². The lowest BCUT2D eigenvalue weighted by Gasteiger charge is -2.33. The van der Waals surface area contributed by atoms with Crippen LogP contribution in [-0.4, -0.2) is 29.6 Å². The molecule has 1 unspecified atom stereocenters. The van der Waals surface area contributed by atoms with Gasteiger partial charge in [-0.05, 0) is 19.1 Å². The first-order valence-electron chi connectivity index (χ1n) is 5.35. The number of hydrogen-bond donors (Lipinski definition) is 2. The highest BCUT2D eigenvalue weighted by Gasteiger charge is 2.45. The van der Waals surface area contributed by atoms with Crippen molar-refractivity contribution in [2.24, 2.45) is 0 Å². The lowest BCUT2D eigenvalue weighted by atomic mass is 9.95. The fourth-order valence-electron chi connectivity index (χ4n) is 2.12. The Hall–Kier alpha value is -1.62. The minimum atomic E-state index is -0.617. The van der Waals surface area contributed by atoms with Crippen molar-refractivity contribution in [1.82, 2.24) is 4.98 Å². The topological polar surface area (TPSA) is 63.3 Å². The molecular formula is C11H13N3O2. The third kappa shape index (κ3) is 1.28. The fraction of sp³-hybridized carbons (Fsp3) is 0.455. The average Bonchev–Trinajstić information content (AvgIpc) is 2.70. The number of carbonyl (C=O) groups is 1. The highest BCUT2D eigenvalue weighted by atomic mass is 16.5. The van der Waals surface area contributed by atoms with Crippen LogP contribution in [0.3, 0.4) is 0 Å². The predicted octanol–water partition coefficient (Wildman–Crippen LogP) is 0.913. The lowest BCUT2D eigenvalue weighted by Crippen LogP contribution is -2.53. The first-order chi connectivity index (χ1) is 7.70. The third-order valence-corrected chi connectivity index (χ3v) is 3.10. The lowest BCUT2D eigenvalue weighted by molar-refractivity contribution is -0.120. The number of anilines is 2. The summed E-state index contributed by atoms with van der Waals surface area (Å²) in [5.74, 6) is 0.716. The summed E-state index contributed by atoms with van der Waals surface area (Å²) in [4.78, 5) is 16.4. The van der Waals surface area contributed by atoms with Gasteiger partial charge in [0.25, 0.3) is 5.91 Å². The number of nitrogens with one attached hydrogen (secondary N) is 2. The number of pyridine rings is 1. The van der Waals surface area contributed by atoms with Crippen LogP contribution in [-0.2, 0) is 9.53 Å². The molecule has 2 aliphatic heterocycles. The molecule has 1 spiro atoms. The van der Waals surface area contributed by atoms with Crippen LogP contribution in [0.1, 0.15) is 12.1 Å². The van der Waals surface area contributed by atoms with Gasteiger partial charge < -0.3 is 15.4 Å². The summed E-state index contributed by atoms with van der Waals surface area (Å²) < 4.78 is 5.30. The SMILES string of the molecule is Cc1ccc2c(n1)NC1(CCOC1)C(=O)N2. The molecule has 1 atom stereocenters. The third-order valence-electron chi connectivity index (χ3n) is 3.10. The number of aromatic nitrogens is 1. The van der Waals surface area contributed by atoms with Gasteiger partial charge in [0.1, 0.15) is 5.54 Å². The second kappa shape index (κ2) is 3.18. The molecule has 0 aliphatic carbocycles. The van der Waals surface area contributed by atoms with Crippen LogP contribution < -0.4 is 10.6 Å². The van der Waals surface area contributed by atoms with Crippen LogP contribution in [0.4, 0.5) is 11.5 Å². The van der Waals surface area contributed by atoms with Crippen molar-refractivity contribution in [1.29, 1.82) is 0 Å². The summed E-state index contributed by atoms with van der Waals surface area (Å²) in [7, 11) is 0. The van der Waals surface area contributed by atoms with Crippen molar-refractivity contribution < 1.29 is 9.53 Å². The monoisotopic (exact) mass is 219 g/mol. The Labute approximate surface area is 93.2 Å². The largest absolute Gasteiger partial charge is 0.378 e. The number of rotatable bonds is 0. The number of carbonyl (C=O) groups excluding carboxylic acids is 1. The molecule has 0 bridgehead atoms. The van der Waals surface area contributed by atoms with Crippen LogP contribution in [0, 0.1) is 6.92 Å². The van der Waals surface area contributed by atoms with Crippen molar-refractivity contribution in [3.05, 3.63) is 17.8 Å².